The lowest BCUT2D eigenvalue weighted by molar-refractivity contribution is -0.929. The Morgan fingerprint density at radius 1 is 0.941 bits per heavy atom. The Morgan fingerprint density at radius 3 is 1.74 bits per heavy atom. The van der Waals surface area contributed by atoms with Gasteiger partial charge in [0, 0.05) is 6.54 Å². The average Bonchev–Trinajstić information content (AvgIpc) is 3.01. The first-order chi connectivity index (χ1) is 16.0. The van der Waals surface area contributed by atoms with Gasteiger partial charge in [0.25, 0.3) is 6.43 Å². The molecule has 2 bridgehead atoms. The van der Waals surface area contributed by atoms with Crippen LogP contribution in [0, 0.1) is 0 Å². The number of carbonyl (C=O) groups is 1. The third-order valence-corrected chi connectivity index (χ3v) is 7.12. The second kappa shape index (κ2) is 15.2. The van der Waals surface area contributed by atoms with Crippen molar-refractivity contribution in [2.45, 2.75) is 110 Å². The number of hydrogen-bond acceptors (Lipinski definition) is 5. The Hall–Kier alpha value is -1.04. The van der Waals surface area contributed by atoms with Crippen molar-refractivity contribution in [3.05, 3.63) is 0 Å². The molecule has 202 valence electrons. The van der Waals surface area contributed by atoms with Gasteiger partial charge in [-0.1, -0.05) is 53.4 Å². The van der Waals surface area contributed by atoms with Crippen molar-refractivity contribution in [1.82, 2.24) is 9.96 Å². The summed E-state index contributed by atoms with van der Waals surface area (Å²) in [6.07, 6.45) is 8.58. The van der Waals surface area contributed by atoms with Crippen molar-refractivity contribution in [2.75, 3.05) is 32.7 Å². The molecule has 11 heteroatoms. The van der Waals surface area contributed by atoms with E-state index in [-0.39, 0.29) is 19.4 Å². The molecule has 8 nitrogen and oxygen atoms in total. The number of piperidine rings is 1. The molecule has 2 rings (SSSR count). The fraction of sp³-hybridized carbons (Fsp3) is 0.957. The highest BCUT2D eigenvalue weighted by atomic mass is 32.3. The van der Waals surface area contributed by atoms with Crippen LogP contribution in [0.25, 0.3) is 0 Å². The molecular weight excluding hydrogens is 468 g/mol. The zero-order valence-corrected chi connectivity index (χ0v) is 22.2. The van der Waals surface area contributed by atoms with Crippen LogP contribution in [0.15, 0.2) is 0 Å². The number of hydrogen-bond donors (Lipinski definition) is 0. The second-order valence-corrected chi connectivity index (χ2v) is 10.5. The predicted octanol–water partition coefficient (Wildman–Crippen LogP) is 4.92. The van der Waals surface area contributed by atoms with Gasteiger partial charge in [-0.25, -0.2) is 22.0 Å². The fourth-order valence-corrected chi connectivity index (χ4v) is 5.15. The third kappa shape index (κ3) is 9.91. The lowest BCUT2D eigenvalue weighted by Crippen LogP contribution is -2.50. The van der Waals surface area contributed by atoms with Gasteiger partial charge in [-0.2, -0.15) is 9.35 Å². The summed E-state index contributed by atoms with van der Waals surface area (Å²) >= 11 is 0. The van der Waals surface area contributed by atoms with E-state index >= 15 is 0 Å². The molecule has 0 aromatic carbocycles. The predicted molar refractivity (Wildman–Crippen MR) is 127 cm³/mol. The smallest absolute Gasteiger partial charge is 0.345 e. The molecule has 0 aliphatic carbocycles. The number of nitrogens with zero attached hydrogens (tertiary/aromatic N) is 3. The Kier molecular flexibility index (Phi) is 13.8. The lowest BCUT2D eigenvalue weighted by atomic mass is 10.0. The first kappa shape index (κ1) is 31.0. The van der Waals surface area contributed by atoms with E-state index in [0.717, 1.165) is 4.90 Å². The van der Waals surface area contributed by atoms with Crippen LogP contribution in [-0.2, 0) is 14.7 Å². The average molecular weight is 514 g/mol. The van der Waals surface area contributed by atoms with Crippen LogP contribution >= 0.6 is 0 Å². The van der Waals surface area contributed by atoms with E-state index in [9.17, 15) is 26.5 Å². The molecule has 2 atom stereocenters. The first-order valence-corrected chi connectivity index (χ1v) is 14.3. The molecule has 2 aliphatic heterocycles. The van der Waals surface area contributed by atoms with E-state index in [2.05, 4.69) is 32.0 Å². The van der Waals surface area contributed by atoms with Gasteiger partial charge >= 0.3 is 6.03 Å². The molecule has 0 N–H and O–H groups in total. The van der Waals surface area contributed by atoms with Gasteiger partial charge in [0.15, 0.2) is 0 Å². The van der Waals surface area contributed by atoms with Crippen LogP contribution in [0.1, 0.15) is 91.9 Å². The minimum absolute atomic E-state index is 0.0485. The molecule has 0 spiro atoms. The van der Waals surface area contributed by atoms with Crippen LogP contribution in [0.3, 0.4) is 0 Å². The fourth-order valence-electron chi connectivity index (χ4n) is 4.76. The Labute approximate surface area is 205 Å². The molecule has 0 aromatic heterocycles. The van der Waals surface area contributed by atoms with Crippen molar-refractivity contribution in [3.63, 3.8) is 0 Å². The van der Waals surface area contributed by atoms with Gasteiger partial charge in [0.05, 0.1) is 38.3 Å². The van der Waals surface area contributed by atoms with E-state index in [4.69, 9.17) is 0 Å². The van der Waals surface area contributed by atoms with Gasteiger partial charge in [0.1, 0.15) is 0 Å². The third-order valence-electron chi connectivity index (χ3n) is 6.78. The maximum Gasteiger partial charge on any atom is 0.345 e. The number of amides is 2. The van der Waals surface area contributed by atoms with Crippen molar-refractivity contribution in [3.8, 4) is 0 Å². The highest BCUT2D eigenvalue weighted by Gasteiger charge is 2.49. The zero-order valence-electron chi connectivity index (χ0n) is 21.4. The largest absolute Gasteiger partial charge is 0.724 e. The molecule has 2 amide bonds. The van der Waals surface area contributed by atoms with Crippen molar-refractivity contribution < 1.29 is 35.3 Å². The van der Waals surface area contributed by atoms with Gasteiger partial charge in [-0.15, -0.1) is 0 Å². The SMILES string of the molecule is CCCC[N+](CCCC)(CCCC)CCCC.O=C1N2C[C@@H](CC[C@H]2C(F)F)N1OS(=O)(=O)[O-]. The number of hydroxylamine groups is 2. The Balaban J connectivity index is 0.000000340. The molecule has 2 aliphatic rings. The van der Waals surface area contributed by atoms with Gasteiger partial charge in [0.2, 0.25) is 10.4 Å². The number of carbonyl (C=O) groups excluding carboxylic acids is 1. The number of urea groups is 1. The Bertz CT molecular complexity index is 659. The molecule has 0 saturated carbocycles. The summed E-state index contributed by atoms with van der Waals surface area (Å²) in [5, 5.41) is 0.380. The maximum atomic E-state index is 12.6. The summed E-state index contributed by atoms with van der Waals surface area (Å²) in [4.78, 5) is 12.4. The number of alkyl halides is 2. The summed E-state index contributed by atoms with van der Waals surface area (Å²) in [7, 11) is -5.08. The van der Waals surface area contributed by atoms with Gasteiger partial charge < -0.3 is 13.9 Å². The van der Waals surface area contributed by atoms with Crippen LogP contribution in [-0.4, -0.2) is 84.7 Å². The minimum atomic E-state index is -5.08. The first-order valence-electron chi connectivity index (χ1n) is 12.9. The summed E-state index contributed by atoms with van der Waals surface area (Å²) in [6.45, 7) is 15.0. The summed E-state index contributed by atoms with van der Waals surface area (Å²) in [5.41, 5.74) is 0. The molecule has 2 saturated heterocycles. The van der Waals surface area contributed by atoms with Crippen LogP contribution < -0.4 is 0 Å². The maximum absolute atomic E-state index is 12.6. The van der Waals surface area contributed by atoms with E-state index in [1.165, 1.54) is 82.0 Å². The van der Waals surface area contributed by atoms with E-state index in [1.807, 2.05) is 0 Å². The molecule has 0 aromatic rings. The number of halogens is 2. The molecule has 2 fully saturated rings. The number of rotatable bonds is 15. The standard InChI is InChI=1S/C16H36N.C7H10F2N2O5S/c1-5-9-13-17(14-10-6-2,15-11-7-3)16-12-8-4;8-6(9)5-2-1-4-3-10(5)7(12)11(4)16-17(13,14)15/h5-16H2,1-4H3;4-6H,1-3H2,(H,13,14,15)/q+1;/p-1/t;4-,5+/m.1/s1. The monoisotopic (exact) mass is 513 g/mol. The highest BCUT2D eigenvalue weighted by molar-refractivity contribution is 7.80. The highest BCUT2D eigenvalue weighted by Crippen LogP contribution is 2.32. The zero-order chi connectivity index (χ0) is 25.8. The normalized spacial score (nSPS) is 20.6. The number of fused-ring (bicyclic) bond motifs is 2. The molecule has 34 heavy (non-hydrogen) atoms. The second-order valence-electron chi connectivity index (χ2n) is 9.53. The van der Waals surface area contributed by atoms with E-state index < -0.39 is 34.9 Å². The quantitative estimate of drug-likeness (QED) is 0.176. The molecule has 0 radical (unpaired) electrons. The summed E-state index contributed by atoms with van der Waals surface area (Å²) in [5.74, 6) is 0. The van der Waals surface area contributed by atoms with E-state index in [0.29, 0.717) is 5.06 Å². The summed E-state index contributed by atoms with van der Waals surface area (Å²) in [6, 6.07) is -2.92. The summed E-state index contributed by atoms with van der Waals surface area (Å²) < 4.78 is 61.7. The molecule has 2 heterocycles. The minimum Gasteiger partial charge on any atom is -0.724 e. The van der Waals surface area contributed by atoms with Crippen molar-refractivity contribution in [1.29, 1.82) is 0 Å². The number of quaternary nitrogens is 1. The van der Waals surface area contributed by atoms with Crippen molar-refractivity contribution >= 4 is 16.4 Å². The van der Waals surface area contributed by atoms with E-state index in [1.54, 1.807) is 0 Å². The van der Waals surface area contributed by atoms with Crippen LogP contribution in [0.2, 0.25) is 0 Å². The van der Waals surface area contributed by atoms with Gasteiger partial charge in [-0.3, -0.25) is 0 Å². The van der Waals surface area contributed by atoms with Crippen LogP contribution in [0.5, 0.6) is 0 Å². The number of unbranched alkanes of at least 4 members (excludes halogenated alkanes) is 4. The topological polar surface area (TPSA) is 90.0 Å². The lowest BCUT2D eigenvalue weighted by Gasteiger charge is -2.39. The molecule has 0 unspecified atom stereocenters. The van der Waals surface area contributed by atoms with Gasteiger partial charge in [-0.05, 0) is 38.5 Å². The molecular formula is C23H45F2N3O5S. The Morgan fingerprint density at radius 2 is 1.38 bits per heavy atom. The van der Waals surface area contributed by atoms with Crippen LogP contribution in [0.4, 0.5) is 13.6 Å². The van der Waals surface area contributed by atoms with Crippen molar-refractivity contribution in [2.24, 2.45) is 0 Å².